The van der Waals surface area contributed by atoms with Gasteiger partial charge in [0.2, 0.25) is 0 Å². The number of aryl methyl sites for hydroxylation is 1. The topological polar surface area (TPSA) is 90.3 Å². The Morgan fingerprint density at radius 3 is 2.53 bits per heavy atom. The Labute approximate surface area is 195 Å². The molecule has 0 aliphatic rings. The van der Waals surface area contributed by atoms with E-state index < -0.39 is 18.5 Å². The molecule has 1 N–H and O–H groups in total. The maximum absolute atomic E-state index is 12.8. The summed E-state index contributed by atoms with van der Waals surface area (Å²) in [4.78, 5) is 37.7. The number of amides is 1. The predicted octanol–water partition coefficient (Wildman–Crippen LogP) is 5.08. The molecule has 2 aromatic carbocycles. The number of hydrogen-bond donors (Lipinski definition) is 1. The van der Waals surface area contributed by atoms with E-state index in [4.69, 9.17) is 27.9 Å². The van der Waals surface area contributed by atoms with Crippen molar-refractivity contribution in [3.8, 4) is 0 Å². The second kappa shape index (κ2) is 11.1. The van der Waals surface area contributed by atoms with Gasteiger partial charge in [-0.25, -0.2) is 9.48 Å². The Morgan fingerprint density at radius 2 is 1.78 bits per heavy atom. The van der Waals surface area contributed by atoms with E-state index in [1.807, 2.05) is 0 Å². The quantitative estimate of drug-likeness (QED) is 0.344. The summed E-state index contributed by atoms with van der Waals surface area (Å²) >= 11 is 12.0. The lowest BCUT2D eigenvalue weighted by atomic mass is 10.1. The minimum atomic E-state index is -0.796. The van der Waals surface area contributed by atoms with Crippen LogP contribution < -0.4 is 10.9 Å². The number of carbonyl (C=O) groups is 2. The van der Waals surface area contributed by atoms with E-state index in [2.05, 4.69) is 17.3 Å². The Kier molecular flexibility index (Phi) is 8.25. The van der Waals surface area contributed by atoms with Crippen LogP contribution in [0.5, 0.6) is 0 Å². The minimum absolute atomic E-state index is 0.00993. The number of aromatic nitrogens is 2. The maximum atomic E-state index is 12.8. The summed E-state index contributed by atoms with van der Waals surface area (Å²) < 4.78 is 6.47. The fourth-order valence-electron chi connectivity index (χ4n) is 3.21. The van der Waals surface area contributed by atoms with E-state index in [1.165, 1.54) is 4.68 Å². The monoisotopic (exact) mass is 475 g/mol. The van der Waals surface area contributed by atoms with Crippen molar-refractivity contribution in [2.45, 2.75) is 39.2 Å². The zero-order valence-corrected chi connectivity index (χ0v) is 19.1. The molecule has 0 aliphatic heterocycles. The molecule has 0 fully saturated rings. The third-order valence-corrected chi connectivity index (χ3v) is 5.66. The summed E-state index contributed by atoms with van der Waals surface area (Å²) in [5, 5.41) is 8.03. The predicted molar refractivity (Wildman–Crippen MR) is 126 cm³/mol. The minimum Gasteiger partial charge on any atom is -0.451 e. The Hall–Kier alpha value is -2.90. The van der Waals surface area contributed by atoms with Crippen molar-refractivity contribution in [2.24, 2.45) is 0 Å². The Bertz CT molecular complexity index is 1190. The van der Waals surface area contributed by atoms with Crippen molar-refractivity contribution in [3.63, 3.8) is 0 Å². The van der Waals surface area contributed by atoms with Crippen molar-refractivity contribution in [3.05, 3.63) is 68.6 Å². The molecule has 7 nitrogen and oxygen atoms in total. The average molecular weight is 476 g/mol. The number of carbonyl (C=O) groups excluding carboxylic acids is 2. The van der Waals surface area contributed by atoms with Gasteiger partial charge in [0, 0.05) is 11.9 Å². The highest BCUT2D eigenvalue weighted by Gasteiger charge is 2.19. The maximum Gasteiger partial charge on any atom is 0.359 e. The van der Waals surface area contributed by atoms with Gasteiger partial charge in [-0.05, 0) is 24.6 Å². The molecule has 3 aromatic rings. The summed E-state index contributed by atoms with van der Waals surface area (Å²) in [7, 11) is 0. The van der Waals surface area contributed by atoms with Gasteiger partial charge < -0.3 is 10.1 Å². The van der Waals surface area contributed by atoms with Crippen LogP contribution >= 0.6 is 23.2 Å². The molecular weight excluding hydrogens is 453 g/mol. The molecule has 0 unspecified atom stereocenters. The Balaban J connectivity index is 1.76. The van der Waals surface area contributed by atoms with Gasteiger partial charge in [0.1, 0.15) is 0 Å². The van der Waals surface area contributed by atoms with Crippen LogP contribution in [0.25, 0.3) is 10.8 Å². The number of anilines is 1. The summed E-state index contributed by atoms with van der Waals surface area (Å²) in [5.74, 6) is -1.38. The lowest BCUT2D eigenvalue weighted by Gasteiger charge is -2.11. The summed E-state index contributed by atoms with van der Waals surface area (Å²) in [6.45, 7) is 1.95. The molecule has 1 aromatic heterocycles. The van der Waals surface area contributed by atoms with Crippen molar-refractivity contribution in [1.29, 1.82) is 0 Å². The van der Waals surface area contributed by atoms with Gasteiger partial charge >= 0.3 is 5.97 Å². The summed E-state index contributed by atoms with van der Waals surface area (Å²) in [6, 6.07) is 11.5. The van der Waals surface area contributed by atoms with Crippen molar-refractivity contribution >= 4 is 51.5 Å². The molecule has 9 heteroatoms. The smallest absolute Gasteiger partial charge is 0.359 e. The molecule has 0 saturated heterocycles. The lowest BCUT2D eigenvalue weighted by Crippen LogP contribution is -2.28. The standard InChI is InChI=1S/C23H23Cl2N3O4/c1-2-3-4-7-13-28-22(30)16-10-6-5-9-15(16)21(27-28)23(31)32-14-19(29)26-18-12-8-11-17(24)20(18)25/h5-6,8-12H,2-4,7,13-14H2,1H3,(H,26,29). The number of esters is 1. The van der Waals surface area contributed by atoms with Crippen molar-refractivity contribution in [2.75, 3.05) is 11.9 Å². The number of rotatable bonds is 9. The van der Waals surface area contributed by atoms with Gasteiger partial charge in [0.05, 0.1) is 21.1 Å². The van der Waals surface area contributed by atoms with Gasteiger partial charge in [-0.1, -0.05) is 73.7 Å². The molecule has 0 bridgehead atoms. The molecular formula is C23H23Cl2N3O4. The van der Waals surface area contributed by atoms with E-state index >= 15 is 0 Å². The van der Waals surface area contributed by atoms with Crippen LogP contribution in [0, 0.1) is 0 Å². The molecule has 0 aliphatic carbocycles. The highest BCUT2D eigenvalue weighted by molar-refractivity contribution is 6.44. The summed E-state index contributed by atoms with van der Waals surface area (Å²) in [5.41, 5.74) is 0.0377. The van der Waals surface area contributed by atoms with E-state index in [9.17, 15) is 14.4 Å². The number of ether oxygens (including phenoxy) is 1. The number of nitrogens with one attached hydrogen (secondary N) is 1. The largest absolute Gasteiger partial charge is 0.451 e. The normalized spacial score (nSPS) is 10.8. The van der Waals surface area contributed by atoms with Gasteiger partial charge in [0.25, 0.3) is 11.5 Å². The molecule has 3 rings (SSSR count). The fourth-order valence-corrected chi connectivity index (χ4v) is 3.56. The molecule has 1 heterocycles. The first-order valence-electron chi connectivity index (χ1n) is 10.3. The van der Waals surface area contributed by atoms with Crippen LogP contribution in [0.4, 0.5) is 5.69 Å². The van der Waals surface area contributed by atoms with Crippen LogP contribution in [-0.4, -0.2) is 28.3 Å². The molecule has 0 radical (unpaired) electrons. The number of halogens is 2. The average Bonchev–Trinajstić information content (AvgIpc) is 2.79. The molecule has 0 spiro atoms. The molecule has 0 saturated carbocycles. The second-order valence-electron chi connectivity index (χ2n) is 7.21. The zero-order valence-electron chi connectivity index (χ0n) is 17.6. The number of benzene rings is 2. The highest BCUT2D eigenvalue weighted by atomic mass is 35.5. The first-order chi connectivity index (χ1) is 15.4. The number of unbranched alkanes of at least 4 members (excludes halogenated alkanes) is 3. The van der Waals surface area contributed by atoms with E-state index in [-0.39, 0.29) is 16.3 Å². The van der Waals surface area contributed by atoms with Crippen LogP contribution in [0.2, 0.25) is 10.0 Å². The first-order valence-corrected chi connectivity index (χ1v) is 11.1. The van der Waals surface area contributed by atoms with Crippen molar-refractivity contribution in [1.82, 2.24) is 9.78 Å². The van der Waals surface area contributed by atoms with E-state index in [0.29, 0.717) is 28.0 Å². The number of fused-ring (bicyclic) bond motifs is 1. The van der Waals surface area contributed by atoms with Crippen LogP contribution in [-0.2, 0) is 16.1 Å². The van der Waals surface area contributed by atoms with Gasteiger partial charge in [-0.15, -0.1) is 0 Å². The van der Waals surface area contributed by atoms with Crippen LogP contribution in [0.1, 0.15) is 43.1 Å². The Morgan fingerprint density at radius 1 is 1.03 bits per heavy atom. The van der Waals surface area contributed by atoms with E-state index in [0.717, 1.165) is 25.7 Å². The number of hydrogen-bond acceptors (Lipinski definition) is 5. The molecule has 1 amide bonds. The zero-order chi connectivity index (χ0) is 23.1. The van der Waals surface area contributed by atoms with Crippen LogP contribution in [0.15, 0.2) is 47.3 Å². The fraction of sp³-hybridized carbons (Fsp3) is 0.304. The molecule has 0 atom stereocenters. The third-order valence-electron chi connectivity index (χ3n) is 4.84. The first kappa shape index (κ1) is 23.8. The molecule has 168 valence electrons. The lowest BCUT2D eigenvalue weighted by molar-refractivity contribution is -0.119. The van der Waals surface area contributed by atoms with Crippen LogP contribution in [0.3, 0.4) is 0 Å². The molecule has 32 heavy (non-hydrogen) atoms. The second-order valence-corrected chi connectivity index (χ2v) is 7.99. The van der Waals surface area contributed by atoms with Gasteiger partial charge in [-0.3, -0.25) is 9.59 Å². The van der Waals surface area contributed by atoms with Crippen molar-refractivity contribution < 1.29 is 14.3 Å². The SMILES string of the molecule is CCCCCCn1nc(C(=O)OCC(=O)Nc2cccc(Cl)c2Cl)c2ccccc2c1=O. The van der Waals surface area contributed by atoms with Gasteiger partial charge in [0.15, 0.2) is 12.3 Å². The highest BCUT2D eigenvalue weighted by Crippen LogP contribution is 2.29. The number of nitrogens with zero attached hydrogens (tertiary/aromatic N) is 2. The van der Waals surface area contributed by atoms with Gasteiger partial charge in [-0.2, -0.15) is 5.10 Å². The van der Waals surface area contributed by atoms with E-state index in [1.54, 1.807) is 42.5 Å². The third kappa shape index (κ3) is 5.66. The summed E-state index contributed by atoms with van der Waals surface area (Å²) in [6.07, 6.45) is 3.86.